The van der Waals surface area contributed by atoms with Gasteiger partial charge in [-0.1, -0.05) is 0 Å². The van der Waals surface area contributed by atoms with Gasteiger partial charge < -0.3 is 20.3 Å². The molecule has 0 aromatic carbocycles. The van der Waals surface area contributed by atoms with Crippen molar-refractivity contribution in [2.45, 2.75) is 25.3 Å². The van der Waals surface area contributed by atoms with Crippen molar-refractivity contribution in [2.24, 2.45) is 5.41 Å². The third kappa shape index (κ3) is 3.22. The Balaban J connectivity index is 1.74. The van der Waals surface area contributed by atoms with Crippen LogP contribution in [0.3, 0.4) is 0 Å². The maximum atomic E-state index is 12.3. The number of rotatable bonds is 7. The average Bonchev–Trinajstić information content (AvgIpc) is 3.10. The highest BCUT2D eigenvalue weighted by Crippen LogP contribution is 2.26. The predicted molar refractivity (Wildman–Crippen MR) is 70.5 cm³/mol. The number of hydrogen-bond acceptors (Lipinski definition) is 4. The SMILES string of the molecule is COCC1(C(=O)NCCN(C)C2CC2)CCNC1. The summed E-state index contributed by atoms with van der Waals surface area (Å²) in [6.45, 7) is 3.80. The first-order valence-electron chi connectivity index (χ1n) is 6.86. The Morgan fingerprint density at radius 2 is 2.33 bits per heavy atom. The molecule has 1 saturated carbocycles. The van der Waals surface area contributed by atoms with E-state index in [2.05, 4.69) is 22.6 Å². The number of carbonyl (C=O) groups excluding carboxylic acids is 1. The molecule has 1 saturated heterocycles. The summed E-state index contributed by atoms with van der Waals surface area (Å²) in [6.07, 6.45) is 3.48. The second kappa shape index (κ2) is 5.99. The Morgan fingerprint density at radius 3 is 2.89 bits per heavy atom. The number of hydrogen-bond donors (Lipinski definition) is 2. The largest absolute Gasteiger partial charge is 0.384 e. The first-order valence-corrected chi connectivity index (χ1v) is 6.86. The third-order valence-electron chi connectivity index (χ3n) is 4.07. The zero-order chi connectivity index (χ0) is 13.0. The minimum atomic E-state index is -0.354. The van der Waals surface area contributed by atoms with Crippen molar-refractivity contribution in [1.29, 1.82) is 0 Å². The maximum Gasteiger partial charge on any atom is 0.229 e. The second-order valence-electron chi connectivity index (χ2n) is 5.61. The van der Waals surface area contributed by atoms with Crippen LogP contribution in [0.5, 0.6) is 0 Å². The maximum absolute atomic E-state index is 12.3. The minimum Gasteiger partial charge on any atom is -0.384 e. The van der Waals surface area contributed by atoms with Crippen LogP contribution in [0.4, 0.5) is 0 Å². The molecule has 2 N–H and O–H groups in total. The number of carbonyl (C=O) groups is 1. The van der Waals surface area contributed by atoms with E-state index in [0.29, 0.717) is 6.61 Å². The molecular formula is C13H25N3O2. The molecule has 2 fully saturated rings. The molecule has 0 aromatic heterocycles. The van der Waals surface area contributed by atoms with Gasteiger partial charge in [-0.15, -0.1) is 0 Å². The summed E-state index contributed by atoms with van der Waals surface area (Å²) in [5.74, 6) is 0.138. The fourth-order valence-electron chi connectivity index (χ4n) is 2.63. The Morgan fingerprint density at radius 1 is 1.56 bits per heavy atom. The summed E-state index contributed by atoms with van der Waals surface area (Å²) in [5.41, 5.74) is -0.354. The summed E-state index contributed by atoms with van der Waals surface area (Å²) >= 11 is 0. The lowest BCUT2D eigenvalue weighted by Gasteiger charge is -2.26. The second-order valence-corrected chi connectivity index (χ2v) is 5.61. The van der Waals surface area contributed by atoms with Gasteiger partial charge in [0.25, 0.3) is 0 Å². The zero-order valence-electron chi connectivity index (χ0n) is 11.5. The Hall–Kier alpha value is -0.650. The topological polar surface area (TPSA) is 53.6 Å². The standard InChI is InChI=1S/C13H25N3O2/c1-16(11-3-4-11)8-7-15-12(17)13(10-18-2)5-6-14-9-13/h11,14H,3-10H2,1-2H3,(H,15,17). The molecular weight excluding hydrogens is 230 g/mol. The van der Waals surface area contributed by atoms with E-state index < -0.39 is 0 Å². The number of likely N-dealkylation sites (N-methyl/N-ethyl adjacent to an activating group) is 1. The number of ether oxygens (including phenoxy) is 1. The monoisotopic (exact) mass is 255 g/mol. The Labute approximate surface area is 109 Å². The van der Waals surface area contributed by atoms with Crippen LogP contribution in [0.15, 0.2) is 0 Å². The van der Waals surface area contributed by atoms with Crippen LogP contribution in [-0.2, 0) is 9.53 Å². The van der Waals surface area contributed by atoms with E-state index in [0.717, 1.165) is 38.6 Å². The molecule has 0 radical (unpaired) electrons. The molecule has 1 amide bonds. The van der Waals surface area contributed by atoms with E-state index in [1.54, 1.807) is 7.11 Å². The van der Waals surface area contributed by atoms with Crippen molar-refractivity contribution in [3.05, 3.63) is 0 Å². The van der Waals surface area contributed by atoms with E-state index in [-0.39, 0.29) is 11.3 Å². The van der Waals surface area contributed by atoms with E-state index in [1.165, 1.54) is 12.8 Å². The van der Waals surface area contributed by atoms with E-state index in [9.17, 15) is 4.79 Å². The highest BCUT2D eigenvalue weighted by atomic mass is 16.5. The van der Waals surface area contributed by atoms with Crippen LogP contribution in [0.1, 0.15) is 19.3 Å². The summed E-state index contributed by atoms with van der Waals surface area (Å²) in [4.78, 5) is 14.6. The Kier molecular flexibility index (Phi) is 4.59. The molecule has 5 heteroatoms. The smallest absolute Gasteiger partial charge is 0.229 e. The van der Waals surface area contributed by atoms with Crippen LogP contribution in [0.2, 0.25) is 0 Å². The van der Waals surface area contributed by atoms with Gasteiger partial charge in [0, 0.05) is 32.8 Å². The van der Waals surface area contributed by atoms with Gasteiger partial charge in [-0.25, -0.2) is 0 Å². The highest BCUT2D eigenvalue weighted by molar-refractivity contribution is 5.83. The molecule has 1 aliphatic carbocycles. The zero-order valence-corrected chi connectivity index (χ0v) is 11.5. The van der Waals surface area contributed by atoms with Crippen LogP contribution < -0.4 is 10.6 Å². The van der Waals surface area contributed by atoms with Gasteiger partial charge in [0.1, 0.15) is 0 Å². The molecule has 0 spiro atoms. The van der Waals surface area contributed by atoms with Crippen LogP contribution in [0, 0.1) is 5.41 Å². The van der Waals surface area contributed by atoms with Crippen LogP contribution >= 0.6 is 0 Å². The molecule has 5 nitrogen and oxygen atoms in total. The first kappa shape index (κ1) is 13.8. The number of amides is 1. The highest BCUT2D eigenvalue weighted by Gasteiger charge is 2.41. The van der Waals surface area contributed by atoms with Gasteiger partial charge in [0.15, 0.2) is 0 Å². The lowest BCUT2D eigenvalue weighted by molar-refractivity contribution is -0.133. The summed E-state index contributed by atoms with van der Waals surface area (Å²) in [5, 5.41) is 6.32. The lowest BCUT2D eigenvalue weighted by atomic mass is 9.87. The molecule has 2 aliphatic rings. The van der Waals surface area contributed by atoms with E-state index in [1.807, 2.05) is 0 Å². The van der Waals surface area contributed by atoms with E-state index in [4.69, 9.17) is 4.74 Å². The molecule has 0 aromatic rings. The molecule has 18 heavy (non-hydrogen) atoms. The average molecular weight is 255 g/mol. The Bertz CT molecular complexity index is 286. The molecule has 1 heterocycles. The predicted octanol–water partition coefficient (Wildman–Crippen LogP) is -0.177. The lowest BCUT2D eigenvalue weighted by Crippen LogP contribution is -2.47. The number of methoxy groups -OCH3 is 1. The van der Waals surface area contributed by atoms with Gasteiger partial charge in [-0.2, -0.15) is 0 Å². The quantitative estimate of drug-likeness (QED) is 0.663. The molecule has 1 atom stereocenters. The van der Waals surface area contributed by atoms with Crippen molar-refractivity contribution in [3.63, 3.8) is 0 Å². The van der Waals surface area contributed by atoms with Gasteiger partial charge in [-0.3, -0.25) is 4.79 Å². The summed E-state index contributed by atoms with van der Waals surface area (Å²) < 4.78 is 5.21. The fraction of sp³-hybridized carbons (Fsp3) is 0.923. The van der Waals surface area contributed by atoms with Gasteiger partial charge >= 0.3 is 0 Å². The first-order chi connectivity index (χ1) is 8.68. The van der Waals surface area contributed by atoms with Crippen molar-refractivity contribution in [3.8, 4) is 0 Å². The molecule has 1 unspecified atom stereocenters. The summed E-state index contributed by atoms with van der Waals surface area (Å²) in [6, 6.07) is 0.753. The minimum absolute atomic E-state index is 0.138. The molecule has 0 bridgehead atoms. The molecule has 2 rings (SSSR count). The third-order valence-corrected chi connectivity index (χ3v) is 4.07. The van der Waals surface area contributed by atoms with Crippen molar-refractivity contribution >= 4 is 5.91 Å². The van der Waals surface area contributed by atoms with Gasteiger partial charge in [0.05, 0.1) is 12.0 Å². The van der Waals surface area contributed by atoms with E-state index >= 15 is 0 Å². The normalized spacial score (nSPS) is 27.7. The molecule has 104 valence electrons. The van der Waals surface area contributed by atoms with Gasteiger partial charge in [-0.05, 0) is 32.9 Å². The van der Waals surface area contributed by atoms with Gasteiger partial charge in [0.2, 0.25) is 5.91 Å². The number of nitrogens with zero attached hydrogens (tertiary/aromatic N) is 1. The number of nitrogens with one attached hydrogen (secondary N) is 2. The molecule has 1 aliphatic heterocycles. The van der Waals surface area contributed by atoms with Crippen LogP contribution in [0.25, 0.3) is 0 Å². The summed E-state index contributed by atoms with van der Waals surface area (Å²) in [7, 11) is 3.79. The van der Waals surface area contributed by atoms with Crippen molar-refractivity contribution in [2.75, 3.05) is 46.9 Å². The fourth-order valence-corrected chi connectivity index (χ4v) is 2.63. The van der Waals surface area contributed by atoms with Crippen molar-refractivity contribution < 1.29 is 9.53 Å². The van der Waals surface area contributed by atoms with Crippen molar-refractivity contribution in [1.82, 2.24) is 15.5 Å². The van der Waals surface area contributed by atoms with Crippen LogP contribution in [-0.4, -0.2) is 63.8 Å².